The number of hydrogen-bond donors (Lipinski definition) is 1. The maximum Gasteiger partial charge on any atom is 0.237 e. The van der Waals surface area contributed by atoms with E-state index in [-0.39, 0.29) is 5.69 Å². The van der Waals surface area contributed by atoms with E-state index in [0.29, 0.717) is 18.1 Å². The number of anilines is 1. The summed E-state index contributed by atoms with van der Waals surface area (Å²) in [5, 5.41) is 11.0. The Morgan fingerprint density at radius 2 is 1.93 bits per heavy atom. The van der Waals surface area contributed by atoms with Gasteiger partial charge >= 0.3 is 0 Å². The lowest BCUT2D eigenvalue weighted by Crippen LogP contribution is -2.23. The molecule has 1 aromatic heterocycles. The number of halogens is 2. The minimum Gasteiger partial charge on any atom is -0.323 e. The number of carbonyl (C=O) groups is 1. The summed E-state index contributed by atoms with van der Waals surface area (Å²) in [6.45, 7) is 4.35. The zero-order valence-electron chi connectivity index (χ0n) is 15.5. The van der Waals surface area contributed by atoms with Gasteiger partial charge in [-0.1, -0.05) is 42.1 Å². The van der Waals surface area contributed by atoms with Crippen LogP contribution in [0.4, 0.5) is 14.5 Å². The minimum atomic E-state index is -0.813. The molecule has 1 heterocycles. The van der Waals surface area contributed by atoms with Gasteiger partial charge in [0.1, 0.15) is 17.5 Å². The van der Waals surface area contributed by atoms with E-state index in [1.54, 1.807) is 6.92 Å². The SMILES string of the molecule is CCn1c(Cc2ccccc2)nnc1S[C@H](C)C(=O)Nc1ccc(F)cc1F. The maximum atomic E-state index is 13.7. The molecular weight excluding hydrogens is 382 g/mol. The molecule has 0 fully saturated rings. The molecule has 3 aromatic rings. The molecule has 0 saturated carbocycles. The first-order valence-electron chi connectivity index (χ1n) is 8.86. The van der Waals surface area contributed by atoms with Gasteiger partial charge in [0.2, 0.25) is 5.91 Å². The predicted octanol–water partition coefficient (Wildman–Crippen LogP) is 4.29. The summed E-state index contributed by atoms with van der Waals surface area (Å²) in [5.41, 5.74) is 1.07. The topological polar surface area (TPSA) is 59.8 Å². The number of amides is 1. The van der Waals surface area contributed by atoms with Gasteiger partial charge in [0.15, 0.2) is 5.16 Å². The van der Waals surface area contributed by atoms with Crippen LogP contribution in [0, 0.1) is 11.6 Å². The lowest BCUT2D eigenvalue weighted by Gasteiger charge is -2.13. The van der Waals surface area contributed by atoms with Crippen LogP contribution in [-0.2, 0) is 17.8 Å². The lowest BCUT2D eigenvalue weighted by molar-refractivity contribution is -0.115. The highest BCUT2D eigenvalue weighted by Crippen LogP contribution is 2.25. The molecule has 1 N–H and O–H groups in total. The van der Waals surface area contributed by atoms with E-state index in [1.807, 2.05) is 41.8 Å². The molecule has 0 aliphatic rings. The van der Waals surface area contributed by atoms with Gasteiger partial charge in [-0.3, -0.25) is 4.79 Å². The van der Waals surface area contributed by atoms with E-state index in [0.717, 1.165) is 23.5 Å². The first-order valence-corrected chi connectivity index (χ1v) is 9.74. The number of hydrogen-bond acceptors (Lipinski definition) is 4. The molecule has 0 radical (unpaired) electrons. The van der Waals surface area contributed by atoms with Crippen LogP contribution in [0.5, 0.6) is 0 Å². The van der Waals surface area contributed by atoms with Crippen molar-refractivity contribution in [3.05, 3.63) is 71.6 Å². The number of carbonyl (C=O) groups excluding carboxylic acids is 1. The van der Waals surface area contributed by atoms with Gasteiger partial charge in [0.25, 0.3) is 0 Å². The Labute approximate surface area is 166 Å². The van der Waals surface area contributed by atoms with Crippen molar-refractivity contribution in [2.24, 2.45) is 0 Å². The van der Waals surface area contributed by atoms with E-state index >= 15 is 0 Å². The standard InChI is InChI=1S/C20H20F2N4OS/c1-3-26-18(11-14-7-5-4-6-8-14)24-25-20(26)28-13(2)19(27)23-17-10-9-15(21)12-16(17)22/h4-10,12-13H,3,11H2,1-2H3,(H,23,27)/t13-/m1/s1. The smallest absolute Gasteiger partial charge is 0.237 e. The molecule has 28 heavy (non-hydrogen) atoms. The third-order valence-electron chi connectivity index (χ3n) is 4.16. The van der Waals surface area contributed by atoms with E-state index in [9.17, 15) is 13.6 Å². The Hall–Kier alpha value is -2.74. The summed E-state index contributed by atoms with van der Waals surface area (Å²) in [4.78, 5) is 12.4. The molecule has 0 aliphatic carbocycles. The van der Waals surface area contributed by atoms with E-state index in [4.69, 9.17) is 0 Å². The first kappa shape index (κ1) is 20.0. The third kappa shape index (κ3) is 4.75. The van der Waals surface area contributed by atoms with Gasteiger partial charge in [0.05, 0.1) is 10.9 Å². The average Bonchev–Trinajstić information content (AvgIpc) is 3.05. The van der Waals surface area contributed by atoms with Crippen LogP contribution in [0.2, 0.25) is 0 Å². The van der Waals surface area contributed by atoms with Crippen molar-refractivity contribution >= 4 is 23.4 Å². The Balaban J connectivity index is 1.69. The highest BCUT2D eigenvalue weighted by atomic mass is 32.2. The molecule has 2 aromatic carbocycles. The van der Waals surface area contributed by atoms with Crippen LogP contribution in [0.3, 0.4) is 0 Å². The number of thioether (sulfide) groups is 1. The number of aromatic nitrogens is 3. The van der Waals surface area contributed by atoms with Crippen molar-refractivity contribution in [1.29, 1.82) is 0 Å². The van der Waals surface area contributed by atoms with Crippen molar-refractivity contribution in [3.63, 3.8) is 0 Å². The second kappa shape index (κ2) is 8.97. The van der Waals surface area contributed by atoms with Gasteiger partial charge in [-0.05, 0) is 31.5 Å². The normalized spacial score (nSPS) is 12.0. The van der Waals surface area contributed by atoms with E-state index in [2.05, 4.69) is 15.5 Å². The van der Waals surface area contributed by atoms with Gasteiger partial charge in [-0.25, -0.2) is 8.78 Å². The molecule has 3 rings (SSSR count). The molecule has 0 aliphatic heterocycles. The molecule has 0 spiro atoms. The van der Waals surface area contributed by atoms with Crippen molar-refractivity contribution in [2.75, 3.05) is 5.32 Å². The molecule has 1 atom stereocenters. The number of nitrogens with zero attached hydrogens (tertiary/aromatic N) is 3. The molecule has 1 amide bonds. The van der Waals surface area contributed by atoms with Crippen molar-refractivity contribution in [2.45, 2.75) is 37.2 Å². The number of nitrogens with one attached hydrogen (secondary N) is 1. The highest BCUT2D eigenvalue weighted by Gasteiger charge is 2.21. The fraction of sp³-hybridized carbons (Fsp3) is 0.250. The molecular formula is C20H20F2N4OS. The monoisotopic (exact) mass is 402 g/mol. The fourth-order valence-electron chi connectivity index (χ4n) is 2.67. The summed E-state index contributed by atoms with van der Waals surface area (Å²) in [6, 6.07) is 13.0. The van der Waals surface area contributed by atoms with Gasteiger partial charge in [0, 0.05) is 19.0 Å². The Bertz CT molecular complexity index is 962. The van der Waals surface area contributed by atoms with Crippen LogP contribution in [0.15, 0.2) is 53.7 Å². The quantitative estimate of drug-likeness (QED) is 0.599. The van der Waals surface area contributed by atoms with Gasteiger partial charge < -0.3 is 9.88 Å². The summed E-state index contributed by atoms with van der Waals surface area (Å²) in [6.07, 6.45) is 0.642. The van der Waals surface area contributed by atoms with Crippen molar-refractivity contribution in [1.82, 2.24) is 14.8 Å². The highest BCUT2D eigenvalue weighted by molar-refractivity contribution is 8.00. The number of rotatable bonds is 7. The number of benzene rings is 2. The minimum absolute atomic E-state index is 0.0550. The lowest BCUT2D eigenvalue weighted by atomic mass is 10.1. The Morgan fingerprint density at radius 3 is 2.61 bits per heavy atom. The van der Waals surface area contributed by atoms with Gasteiger partial charge in [-0.2, -0.15) is 0 Å². The second-order valence-electron chi connectivity index (χ2n) is 6.18. The summed E-state index contributed by atoms with van der Waals surface area (Å²) in [5.74, 6) is -1.09. The zero-order chi connectivity index (χ0) is 20.1. The Morgan fingerprint density at radius 1 is 1.18 bits per heavy atom. The summed E-state index contributed by atoms with van der Waals surface area (Å²) in [7, 11) is 0. The molecule has 0 unspecified atom stereocenters. The van der Waals surface area contributed by atoms with E-state index in [1.165, 1.54) is 17.8 Å². The van der Waals surface area contributed by atoms with Crippen LogP contribution in [-0.4, -0.2) is 25.9 Å². The molecule has 0 bridgehead atoms. The third-order valence-corrected chi connectivity index (χ3v) is 5.24. The molecule has 0 saturated heterocycles. The van der Waals surface area contributed by atoms with E-state index < -0.39 is 22.8 Å². The van der Waals surface area contributed by atoms with Crippen LogP contribution >= 0.6 is 11.8 Å². The Kier molecular flexibility index (Phi) is 6.41. The van der Waals surface area contributed by atoms with Crippen molar-refractivity contribution < 1.29 is 13.6 Å². The maximum absolute atomic E-state index is 13.7. The average molecular weight is 402 g/mol. The second-order valence-corrected chi connectivity index (χ2v) is 7.49. The summed E-state index contributed by atoms with van der Waals surface area (Å²) >= 11 is 1.24. The van der Waals surface area contributed by atoms with Crippen molar-refractivity contribution in [3.8, 4) is 0 Å². The largest absolute Gasteiger partial charge is 0.323 e. The molecule has 8 heteroatoms. The molecule has 5 nitrogen and oxygen atoms in total. The van der Waals surface area contributed by atoms with Gasteiger partial charge in [-0.15, -0.1) is 10.2 Å². The predicted molar refractivity (Wildman–Crippen MR) is 105 cm³/mol. The zero-order valence-corrected chi connectivity index (χ0v) is 16.3. The van der Waals surface area contributed by atoms with Crippen LogP contribution in [0.1, 0.15) is 25.2 Å². The molecule has 146 valence electrons. The van der Waals surface area contributed by atoms with Crippen LogP contribution in [0.25, 0.3) is 0 Å². The summed E-state index contributed by atoms with van der Waals surface area (Å²) < 4.78 is 28.7. The first-order chi connectivity index (χ1) is 13.5. The van der Waals surface area contributed by atoms with Crippen LogP contribution < -0.4 is 5.32 Å². The fourth-order valence-corrected chi connectivity index (χ4v) is 3.60.